The minimum absolute atomic E-state index is 0. The van der Waals surface area contributed by atoms with Gasteiger partial charge in [0.15, 0.2) is 0 Å². The van der Waals surface area contributed by atoms with Gasteiger partial charge in [0.25, 0.3) is 0 Å². The molecule has 0 amide bonds. The van der Waals surface area contributed by atoms with E-state index < -0.39 is 6.16 Å². The molecule has 0 fully saturated rings. The van der Waals surface area contributed by atoms with Crippen LogP contribution in [0.5, 0.6) is 0 Å². The Labute approximate surface area is 100 Å². The summed E-state index contributed by atoms with van der Waals surface area (Å²) < 4.78 is 0. The Bertz CT molecular complexity index is 34.6. The zero-order valence-electron chi connectivity index (χ0n) is 5.51. The molecule has 0 saturated heterocycles. The van der Waals surface area contributed by atoms with E-state index in [1.807, 2.05) is 0 Å². The fraction of sp³-hybridized carbons (Fsp3) is 0. The van der Waals surface area contributed by atoms with Crippen molar-refractivity contribution >= 4 is 6.16 Å². The van der Waals surface area contributed by atoms with Crippen LogP contribution in [0.4, 0.5) is 4.79 Å². The Kier molecular flexibility index (Phi) is 151. The molecule has 0 aliphatic rings. The van der Waals surface area contributed by atoms with Gasteiger partial charge in [-0.15, -0.1) is 0 Å². The predicted octanol–water partition coefficient (Wildman–Crippen LogP) is -8.40. The summed E-state index contributed by atoms with van der Waals surface area (Å²) in [5.74, 6) is 0. The normalized spacial score (nSPS) is 3.60. The van der Waals surface area contributed by atoms with Crippen LogP contribution < -0.4 is 69.3 Å². The number of carbonyl (C=O) groups is 1. The molecule has 0 aromatic carbocycles. The first-order chi connectivity index (χ1) is 3.73. The zero-order chi connectivity index (χ0) is 7.58. The number of rotatable bonds is 0. The smallest absolute Gasteiger partial charge is 0.652 e. The second-order valence-corrected chi connectivity index (χ2v) is 0.250. The van der Waals surface area contributed by atoms with Crippen molar-refractivity contribution in [2.75, 3.05) is 0 Å². The van der Waals surface area contributed by atoms with Crippen LogP contribution in [-0.4, -0.2) is 27.2 Å². The molecule has 4 N–H and O–H groups in total. The van der Waals surface area contributed by atoms with Gasteiger partial charge in [0.1, 0.15) is 0 Å². The van der Waals surface area contributed by atoms with Crippen LogP contribution >= 0.6 is 0 Å². The molecule has 0 rings (SSSR count). The fourth-order valence-electron chi connectivity index (χ4n) is 0. The van der Waals surface area contributed by atoms with E-state index >= 15 is 0 Å². The summed E-state index contributed by atoms with van der Waals surface area (Å²) in [4.78, 5) is 8.33. The predicted molar refractivity (Wildman–Crippen MR) is 15.9 cm³/mol. The number of carbonyl (C=O) groups excluding carboxylic acids is 1. The van der Waals surface area contributed by atoms with Crippen LogP contribution in [0.25, 0.3) is 0 Å². The third-order valence-electron chi connectivity index (χ3n) is 0. The van der Waals surface area contributed by atoms with Crippen LogP contribution in [0.3, 0.4) is 0 Å². The Morgan fingerprint density at radius 1 is 0.900 bits per heavy atom. The van der Waals surface area contributed by atoms with Crippen LogP contribution in [0, 0.1) is 0 Å². The molecule has 0 radical (unpaired) electrons. The van der Waals surface area contributed by atoms with Crippen molar-refractivity contribution in [1.82, 2.24) is 0 Å². The molecule has 7 nitrogen and oxygen atoms in total. The molecule has 0 aromatic rings. The van der Waals surface area contributed by atoms with Gasteiger partial charge < -0.3 is 15.0 Å². The van der Waals surface area contributed by atoms with Gasteiger partial charge in [-0.3, -0.25) is 21.0 Å². The Morgan fingerprint density at radius 3 is 0.900 bits per heavy atom. The van der Waals surface area contributed by atoms with Crippen molar-refractivity contribution in [3.05, 3.63) is 0 Å². The van der Waals surface area contributed by atoms with Crippen molar-refractivity contribution in [3.8, 4) is 0 Å². The van der Waals surface area contributed by atoms with Gasteiger partial charge in [-0.2, -0.15) is 0 Å². The molecule has 0 aliphatic heterocycles. The molecular weight excluding hydrogens is 170 g/mol. The van der Waals surface area contributed by atoms with Crippen molar-refractivity contribution in [2.24, 2.45) is 0 Å². The SMILES string of the molecule is O=C([O-])[O-].OO.OO.[Na+].[Na+]. The Balaban J connectivity index is -0.0000000125. The minimum Gasteiger partial charge on any atom is -0.652 e. The summed E-state index contributed by atoms with van der Waals surface area (Å²) in [6.07, 6.45) is -2.33. The van der Waals surface area contributed by atoms with Crippen LogP contribution in [0.15, 0.2) is 0 Å². The number of carboxylic acid groups (broad SMARTS) is 2. The largest absolute Gasteiger partial charge is 1.00 e. The molecule has 0 unspecified atom stereocenters. The molecule has 52 valence electrons. The van der Waals surface area contributed by atoms with E-state index in [9.17, 15) is 0 Å². The maximum absolute atomic E-state index is 8.33. The molecule has 10 heavy (non-hydrogen) atoms. The van der Waals surface area contributed by atoms with Crippen molar-refractivity contribution < 1.29 is 95.2 Å². The summed E-state index contributed by atoms with van der Waals surface area (Å²) in [6.45, 7) is 0. The summed E-state index contributed by atoms with van der Waals surface area (Å²) in [5, 5.41) is 40.7. The summed E-state index contributed by atoms with van der Waals surface area (Å²) in [6, 6.07) is 0. The molecule has 0 heterocycles. The van der Waals surface area contributed by atoms with Gasteiger partial charge in [-0.1, -0.05) is 0 Å². The second-order valence-electron chi connectivity index (χ2n) is 0.250. The third kappa shape index (κ3) is 486. The molecule has 0 atom stereocenters. The fourth-order valence-corrected chi connectivity index (χ4v) is 0. The van der Waals surface area contributed by atoms with Gasteiger partial charge >= 0.3 is 59.1 Å². The summed E-state index contributed by atoms with van der Waals surface area (Å²) in [5.41, 5.74) is 0. The quantitative estimate of drug-likeness (QED) is 0.162. The van der Waals surface area contributed by atoms with E-state index in [1.54, 1.807) is 0 Å². The average Bonchev–Trinajstić information content (AvgIpc) is 1.75. The first-order valence-electron chi connectivity index (χ1n) is 1.01. The molecule has 9 heteroatoms. The molecular formula is CH4Na2O7. The molecule has 0 saturated carbocycles. The Morgan fingerprint density at radius 2 is 0.900 bits per heavy atom. The van der Waals surface area contributed by atoms with Gasteiger partial charge in [-0.25, -0.2) is 0 Å². The maximum atomic E-state index is 8.33. The number of hydrogen-bond acceptors (Lipinski definition) is 7. The average molecular weight is 174 g/mol. The van der Waals surface area contributed by atoms with E-state index in [4.69, 9.17) is 36.0 Å². The van der Waals surface area contributed by atoms with E-state index in [2.05, 4.69) is 0 Å². The topological polar surface area (TPSA) is 144 Å². The van der Waals surface area contributed by atoms with Crippen LogP contribution in [0.2, 0.25) is 0 Å². The Hall–Kier alpha value is 1.11. The molecule has 0 spiro atoms. The molecule has 0 aromatic heterocycles. The molecule has 0 aliphatic carbocycles. The maximum Gasteiger partial charge on any atom is 1.00 e. The standard InChI is InChI=1S/CH2O3.2Na.2H2O2/c2-1(3)4;;;2*1-2/h(H2,2,3,4);;;2*1-2H/q;2*+1;;/p-2. The first-order valence-corrected chi connectivity index (χ1v) is 1.01. The zero-order valence-corrected chi connectivity index (χ0v) is 9.51. The van der Waals surface area contributed by atoms with Crippen molar-refractivity contribution in [1.29, 1.82) is 0 Å². The monoisotopic (exact) mass is 174 g/mol. The van der Waals surface area contributed by atoms with Gasteiger partial charge in [-0.05, 0) is 6.16 Å². The van der Waals surface area contributed by atoms with Gasteiger partial charge in [0.2, 0.25) is 0 Å². The summed E-state index contributed by atoms with van der Waals surface area (Å²) in [7, 11) is 0. The number of hydrogen-bond donors (Lipinski definition) is 4. The van der Waals surface area contributed by atoms with Gasteiger partial charge in [0.05, 0.1) is 0 Å². The van der Waals surface area contributed by atoms with Crippen LogP contribution in [-0.2, 0) is 0 Å². The first kappa shape index (κ1) is 30.4. The van der Waals surface area contributed by atoms with E-state index in [0.717, 1.165) is 0 Å². The minimum atomic E-state index is -2.33. The van der Waals surface area contributed by atoms with Gasteiger partial charge in [0, 0.05) is 0 Å². The van der Waals surface area contributed by atoms with E-state index in [1.165, 1.54) is 0 Å². The summed E-state index contributed by atoms with van der Waals surface area (Å²) >= 11 is 0. The molecule has 0 bridgehead atoms. The van der Waals surface area contributed by atoms with E-state index in [-0.39, 0.29) is 59.1 Å². The van der Waals surface area contributed by atoms with Crippen molar-refractivity contribution in [2.45, 2.75) is 0 Å². The van der Waals surface area contributed by atoms with E-state index in [0.29, 0.717) is 0 Å². The van der Waals surface area contributed by atoms with Crippen molar-refractivity contribution in [3.63, 3.8) is 0 Å². The van der Waals surface area contributed by atoms with Crippen LogP contribution in [0.1, 0.15) is 0 Å². The second kappa shape index (κ2) is 49.7. The third-order valence-corrected chi connectivity index (χ3v) is 0.